The highest BCUT2D eigenvalue weighted by Gasteiger charge is 2.36. The smallest absolute Gasteiger partial charge is 0.253 e. The molecular formula is C26H34BrN5O3. The quantitative estimate of drug-likeness (QED) is 0.542. The summed E-state index contributed by atoms with van der Waals surface area (Å²) in [5.74, 6) is 0.848. The summed E-state index contributed by atoms with van der Waals surface area (Å²) < 4.78 is 5.97. The summed E-state index contributed by atoms with van der Waals surface area (Å²) in [6.45, 7) is 5.36. The number of carbonyl (C=O) groups excluding carboxylic acids is 2. The second kappa shape index (κ2) is 9.53. The lowest BCUT2D eigenvalue weighted by Gasteiger charge is -2.21. The fourth-order valence-electron chi connectivity index (χ4n) is 4.62. The molecule has 2 N–H and O–H groups in total. The summed E-state index contributed by atoms with van der Waals surface area (Å²) in [5, 5.41) is 11.4. The first-order valence-electron chi connectivity index (χ1n) is 11.4. The van der Waals surface area contributed by atoms with Crippen molar-refractivity contribution in [2.75, 3.05) is 58.2 Å². The maximum Gasteiger partial charge on any atom is 0.253 e. The number of carbonyl (C=O) groups is 2. The van der Waals surface area contributed by atoms with Crippen LogP contribution in [0.4, 0.5) is 11.4 Å². The Labute approximate surface area is 217 Å². The molecule has 35 heavy (non-hydrogen) atoms. The van der Waals surface area contributed by atoms with Crippen molar-refractivity contribution < 1.29 is 14.3 Å². The molecule has 2 aliphatic rings. The van der Waals surface area contributed by atoms with Crippen LogP contribution in [0.5, 0.6) is 5.75 Å². The van der Waals surface area contributed by atoms with Crippen molar-refractivity contribution in [3.8, 4) is 5.75 Å². The minimum atomic E-state index is -0.201. The van der Waals surface area contributed by atoms with E-state index in [0.29, 0.717) is 29.8 Å². The van der Waals surface area contributed by atoms with Gasteiger partial charge in [0, 0.05) is 69.6 Å². The number of Topliss-reactive ketones (excluding diaryl/α,β-unsaturated/α-hetero) is 1. The highest BCUT2D eigenvalue weighted by Crippen LogP contribution is 2.45. The van der Waals surface area contributed by atoms with E-state index in [9.17, 15) is 9.59 Å². The molecule has 0 aromatic heterocycles. The molecule has 0 saturated carbocycles. The highest BCUT2D eigenvalue weighted by atomic mass is 79.9. The lowest BCUT2D eigenvalue weighted by molar-refractivity contribution is 0.0955. The first-order valence-corrected chi connectivity index (χ1v) is 11.4. The van der Waals surface area contributed by atoms with Gasteiger partial charge in [0.15, 0.2) is 5.78 Å². The standard InChI is InChI=1S/C26H33N5O3.BrH/c1-26(2)14-34-23-19(26)8-15(9-21(23)30(6)7)22(32)13-31-12-16-10-20(29(4)5)18(25(33)28-3)11-17(16)24(31)27;/h8-11,27H,12-14H2,1-7H3,(H,28,33);1H. The summed E-state index contributed by atoms with van der Waals surface area (Å²) in [5.41, 5.74) is 5.29. The predicted octanol–water partition coefficient (Wildman–Crippen LogP) is 3.45. The molecule has 2 aromatic rings. The molecule has 0 fully saturated rings. The third kappa shape index (κ3) is 4.61. The minimum absolute atomic E-state index is 0. The van der Waals surface area contributed by atoms with Gasteiger partial charge < -0.3 is 24.8 Å². The van der Waals surface area contributed by atoms with E-state index in [2.05, 4.69) is 19.2 Å². The van der Waals surface area contributed by atoms with Gasteiger partial charge in [-0.25, -0.2) is 0 Å². The molecule has 188 valence electrons. The fraction of sp³-hybridized carbons (Fsp3) is 0.423. The summed E-state index contributed by atoms with van der Waals surface area (Å²) in [4.78, 5) is 31.5. The molecule has 4 rings (SSSR count). The molecule has 2 aliphatic heterocycles. The van der Waals surface area contributed by atoms with Crippen LogP contribution < -0.4 is 19.9 Å². The Hall–Kier alpha value is -3.07. The number of nitrogens with zero attached hydrogens (tertiary/aromatic N) is 3. The van der Waals surface area contributed by atoms with Gasteiger partial charge in [0.2, 0.25) is 0 Å². The van der Waals surface area contributed by atoms with E-state index in [1.807, 2.05) is 56.2 Å². The van der Waals surface area contributed by atoms with Gasteiger partial charge in [0.05, 0.1) is 24.4 Å². The average molecular weight is 544 g/mol. The molecule has 0 aliphatic carbocycles. The number of ether oxygens (including phenoxy) is 1. The molecule has 0 bridgehead atoms. The molecule has 2 heterocycles. The summed E-state index contributed by atoms with van der Waals surface area (Å²) in [6, 6.07) is 7.52. The van der Waals surface area contributed by atoms with Gasteiger partial charge in [-0.2, -0.15) is 0 Å². The summed E-state index contributed by atoms with van der Waals surface area (Å²) in [6.07, 6.45) is 0. The summed E-state index contributed by atoms with van der Waals surface area (Å²) in [7, 11) is 9.25. The number of halogens is 1. The van der Waals surface area contributed by atoms with E-state index < -0.39 is 0 Å². The van der Waals surface area contributed by atoms with Crippen molar-refractivity contribution in [3.05, 3.63) is 52.1 Å². The largest absolute Gasteiger partial charge is 0.490 e. The number of fused-ring (bicyclic) bond motifs is 2. The Balaban J connectivity index is 0.00000342. The molecule has 1 amide bonds. The Morgan fingerprint density at radius 2 is 1.74 bits per heavy atom. The zero-order chi connectivity index (χ0) is 24.9. The number of amidine groups is 1. The molecule has 8 nitrogen and oxygen atoms in total. The second-order valence-corrected chi connectivity index (χ2v) is 10.1. The van der Waals surface area contributed by atoms with E-state index in [4.69, 9.17) is 10.1 Å². The maximum absolute atomic E-state index is 13.4. The number of nitrogens with one attached hydrogen (secondary N) is 2. The van der Waals surface area contributed by atoms with Crippen LogP contribution in [-0.4, -0.2) is 70.8 Å². The average Bonchev–Trinajstić information content (AvgIpc) is 3.26. The normalized spacial score (nSPS) is 15.1. The van der Waals surface area contributed by atoms with Crippen LogP contribution in [0.15, 0.2) is 24.3 Å². The van der Waals surface area contributed by atoms with Crippen LogP contribution in [0.1, 0.15) is 51.3 Å². The van der Waals surface area contributed by atoms with Crippen molar-refractivity contribution in [2.45, 2.75) is 25.8 Å². The van der Waals surface area contributed by atoms with Crippen LogP contribution in [-0.2, 0) is 12.0 Å². The van der Waals surface area contributed by atoms with E-state index in [0.717, 1.165) is 28.3 Å². The predicted molar refractivity (Wildman–Crippen MR) is 145 cm³/mol. The van der Waals surface area contributed by atoms with E-state index in [1.54, 1.807) is 18.0 Å². The number of anilines is 2. The van der Waals surface area contributed by atoms with Gasteiger partial charge in [-0.15, -0.1) is 17.0 Å². The number of ketones is 1. The lowest BCUT2D eigenvalue weighted by atomic mass is 9.85. The molecule has 0 atom stereocenters. The molecule has 2 aromatic carbocycles. The van der Waals surface area contributed by atoms with Crippen LogP contribution in [0.25, 0.3) is 0 Å². The van der Waals surface area contributed by atoms with Crippen molar-refractivity contribution in [1.29, 1.82) is 5.41 Å². The Kier molecular flexibility index (Phi) is 7.22. The highest BCUT2D eigenvalue weighted by molar-refractivity contribution is 8.93. The molecule has 9 heteroatoms. The number of rotatable bonds is 6. The van der Waals surface area contributed by atoms with Crippen LogP contribution in [0.2, 0.25) is 0 Å². The third-order valence-electron chi connectivity index (χ3n) is 6.62. The van der Waals surface area contributed by atoms with Crippen LogP contribution in [0.3, 0.4) is 0 Å². The van der Waals surface area contributed by atoms with Crippen molar-refractivity contribution in [1.82, 2.24) is 10.2 Å². The first kappa shape index (κ1) is 26.5. The number of amides is 1. The molecule has 0 spiro atoms. The monoisotopic (exact) mass is 543 g/mol. The summed E-state index contributed by atoms with van der Waals surface area (Å²) >= 11 is 0. The molecule has 0 saturated heterocycles. The first-order chi connectivity index (χ1) is 15.9. The molecular weight excluding hydrogens is 510 g/mol. The van der Waals surface area contributed by atoms with Crippen LogP contribution in [0, 0.1) is 5.41 Å². The van der Waals surface area contributed by atoms with E-state index in [-0.39, 0.29) is 46.5 Å². The Morgan fingerprint density at radius 1 is 1.09 bits per heavy atom. The van der Waals surface area contributed by atoms with Gasteiger partial charge in [-0.1, -0.05) is 13.8 Å². The van der Waals surface area contributed by atoms with Gasteiger partial charge in [0.1, 0.15) is 11.6 Å². The van der Waals surface area contributed by atoms with Gasteiger partial charge in [-0.05, 0) is 29.8 Å². The molecule has 0 radical (unpaired) electrons. The van der Waals surface area contributed by atoms with Gasteiger partial charge in [0.25, 0.3) is 5.91 Å². The van der Waals surface area contributed by atoms with E-state index in [1.165, 1.54) is 0 Å². The minimum Gasteiger partial charge on any atom is -0.490 e. The third-order valence-corrected chi connectivity index (χ3v) is 6.62. The topological polar surface area (TPSA) is 89.0 Å². The number of hydrogen-bond acceptors (Lipinski definition) is 6. The van der Waals surface area contributed by atoms with Crippen molar-refractivity contribution in [2.24, 2.45) is 0 Å². The number of hydrogen-bond donors (Lipinski definition) is 2. The van der Waals surface area contributed by atoms with Gasteiger partial charge in [-0.3, -0.25) is 15.0 Å². The zero-order valence-corrected chi connectivity index (χ0v) is 23.1. The fourth-order valence-corrected chi connectivity index (χ4v) is 4.62. The Morgan fingerprint density at radius 3 is 2.34 bits per heavy atom. The SMILES string of the molecule is Br.CNC(=O)c1cc2c(cc1N(C)C)CN(CC(=O)c1cc(N(C)C)c3c(c1)C(C)(C)CO3)C2=N. The van der Waals surface area contributed by atoms with Crippen molar-refractivity contribution in [3.63, 3.8) is 0 Å². The number of benzene rings is 2. The van der Waals surface area contributed by atoms with Gasteiger partial charge >= 0.3 is 0 Å². The Bertz CT molecular complexity index is 1210. The second-order valence-electron chi connectivity index (χ2n) is 10.1. The lowest BCUT2D eigenvalue weighted by Crippen LogP contribution is -2.30. The maximum atomic E-state index is 13.4. The zero-order valence-electron chi connectivity index (χ0n) is 21.4. The van der Waals surface area contributed by atoms with Crippen LogP contribution >= 0.6 is 17.0 Å². The van der Waals surface area contributed by atoms with Crippen molar-refractivity contribution >= 4 is 45.9 Å². The van der Waals surface area contributed by atoms with E-state index >= 15 is 0 Å². The molecule has 0 unspecified atom stereocenters.